The van der Waals surface area contributed by atoms with E-state index in [1.54, 1.807) is 0 Å². The summed E-state index contributed by atoms with van der Waals surface area (Å²) in [4.78, 5) is 0. The van der Waals surface area contributed by atoms with Gasteiger partial charge in [-0.3, -0.25) is 0 Å². The summed E-state index contributed by atoms with van der Waals surface area (Å²) in [5.41, 5.74) is 7.34. The number of hydrogen-bond acceptors (Lipinski definition) is 0. The minimum absolute atomic E-state index is 0. The molecule has 0 radical (unpaired) electrons. The van der Waals surface area contributed by atoms with Crippen LogP contribution in [-0.2, 0) is 19.5 Å². The molecule has 0 unspecified atom stereocenters. The predicted molar refractivity (Wildman–Crippen MR) is 48.5 cm³/mol. The van der Waals surface area contributed by atoms with Crippen LogP contribution in [-0.4, -0.2) is 0 Å². The minimum atomic E-state index is 0. The van der Waals surface area contributed by atoms with Crippen molar-refractivity contribution in [1.82, 2.24) is 0 Å². The van der Waals surface area contributed by atoms with Gasteiger partial charge in [0.25, 0.3) is 0 Å². The van der Waals surface area contributed by atoms with Gasteiger partial charge in [0.2, 0.25) is 0 Å². The zero-order valence-corrected chi connectivity index (χ0v) is 9.92. The summed E-state index contributed by atoms with van der Waals surface area (Å²) in [6.07, 6.45) is 0. The molecule has 0 aliphatic rings. The van der Waals surface area contributed by atoms with E-state index in [1.807, 2.05) is 0 Å². The Hall–Kier alpha value is -0.0266. The van der Waals surface area contributed by atoms with Gasteiger partial charge in [0.05, 0.1) is 0 Å². The van der Waals surface area contributed by atoms with Crippen LogP contribution in [0.3, 0.4) is 0 Å². The zero-order chi connectivity index (χ0) is 7.89. The molecule has 0 bridgehead atoms. The summed E-state index contributed by atoms with van der Waals surface area (Å²) >= 11 is 0. The van der Waals surface area contributed by atoms with Crippen LogP contribution in [0.5, 0.6) is 0 Å². The van der Waals surface area contributed by atoms with E-state index in [0.29, 0.717) is 0 Å². The maximum absolute atomic E-state index is 2.20. The monoisotopic (exact) mass is 239 g/mol. The molecule has 0 aliphatic heterocycles. The van der Waals surface area contributed by atoms with E-state index < -0.39 is 0 Å². The third kappa shape index (κ3) is 1.59. The van der Waals surface area contributed by atoms with Gasteiger partial charge in [-0.15, -0.1) is 0 Å². The van der Waals surface area contributed by atoms with Crippen LogP contribution in [0.2, 0.25) is 0 Å². The van der Waals surface area contributed by atoms with Crippen LogP contribution in [0, 0.1) is 34.6 Å². The summed E-state index contributed by atoms with van der Waals surface area (Å²) in [5, 5.41) is 0. The van der Waals surface area contributed by atoms with E-state index >= 15 is 0 Å². The van der Waals surface area contributed by atoms with Crippen LogP contribution >= 0.6 is 0 Å². The molecule has 0 saturated heterocycles. The van der Waals surface area contributed by atoms with Gasteiger partial charge in [-0.05, 0) is 0 Å². The van der Waals surface area contributed by atoms with E-state index in [9.17, 15) is 0 Å². The molecule has 1 heteroatoms. The molecule has 0 amide bonds. The van der Waals surface area contributed by atoms with Crippen LogP contribution in [0.4, 0.5) is 0 Å². The van der Waals surface area contributed by atoms with E-state index in [1.165, 1.54) is 27.8 Å². The van der Waals surface area contributed by atoms with Crippen molar-refractivity contribution < 1.29 is 19.5 Å². The second-order valence-corrected chi connectivity index (χ2v) is 3.12. The van der Waals surface area contributed by atoms with Crippen molar-refractivity contribution in [1.29, 1.82) is 0 Å². The Morgan fingerprint density at radius 2 is 1.09 bits per heavy atom. The molecular formula is C10H17Ru-. The molecular weight excluding hydrogens is 221 g/mol. The van der Waals surface area contributed by atoms with E-state index in [0.717, 1.165) is 0 Å². The Kier molecular flexibility index (Phi) is 3.57. The zero-order valence-electron chi connectivity index (χ0n) is 7.91. The average Bonchev–Trinajstić information content (AvgIpc) is 2.07. The SMILES string of the molecule is Cc1c(C)c(C)[c-](C)c1C.[RuH2]. The first-order chi connectivity index (χ1) is 4.55. The van der Waals surface area contributed by atoms with Gasteiger partial charge in [0, 0.05) is 0 Å². The van der Waals surface area contributed by atoms with Gasteiger partial charge >= 0.3 is 19.5 Å². The van der Waals surface area contributed by atoms with Gasteiger partial charge < -0.3 is 0 Å². The Bertz CT molecular complexity index is 176. The summed E-state index contributed by atoms with van der Waals surface area (Å²) in [7, 11) is 0. The summed E-state index contributed by atoms with van der Waals surface area (Å²) in [5.74, 6) is 0. The fourth-order valence-corrected chi connectivity index (χ4v) is 1.41. The van der Waals surface area contributed by atoms with Crippen molar-refractivity contribution >= 4 is 0 Å². The molecule has 0 heterocycles. The summed E-state index contributed by atoms with van der Waals surface area (Å²) < 4.78 is 0. The van der Waals surface area contributed by atoms with Crippen molar-refractivity contribution in [3.8, 4) is 0 Å². The van der Waals surface area contributed by atoms with Crippen LogP contribution in [0.1, 0.15) is 27.8 Å². The summed E-state index contributed by atoms with van der Waals surface area (Å²) in [6, 6.07) is 0. The van der Waals surface area contributed by atoms with Crippen molar-refractivity contribution in [3.63, 3.8) is 0 Å². The maximum atomic E-state index is 2.20. The molecule has 0 saturated carbocycles. The van der Waals surface area contributed by atoms with Gasteiger partial charge in [-0.25, -0.2) is 0 Å². The van der Waals surface area contributed by atoms with Crippen molar-refractivity contribution in [2.75, 3.05) is 0 Å². The number of hydrogen-bond donors (Lipinski definition) is 0. The fourth-order valence-electron chi connectivity index (χ4n) is 1.41. The quantitative estimate of drug-likeness (QED) is 0.481. The van der Waals surface area contributed by atoms with Gasteiger partial charge in [0.15, 0.2) is 0 Å². The Balaban J connectivity index is 0.000001000. The second-order valence-electron chi connectivity index (χ2n) is 3.12. The van der Waals surface area contributed by atoms with Crippen LogP contribution in [0.15, 0.2) is 0 Å². The Morgan fingerprint density at radius 3 is 1.18 bits per heavy atom. The summed E-state index contributed by atoms with van der Waals surface area (Å²) in [6.45, 7) is 11.0. The number of rotatable bonds is 0. The third-order valence-electron chi connectivity index (χ3n) is 2.81. The topological polar surface area (TPSA) is 0 Å². The molecule has 1 aromatic carbocycles. The third-order valence-corrected chi connectivity index (χ3v) is 2.81. The molecule has 1 rings (SSSR count). The second kappa shape index (κ2) is 3.58. The molecule has 0 aliphatic carbocycles. The van der Waals surface area contributed by atoms with Gasteiger partial charge in [-0.1, -0.05) is 34.6 Å². The first-order valence-electron chi connectivity index (χ1n) is 3.75. The molecule has 0 N–H and O–H groups in total. The predicted octanol–water partition coefficient (Wildman–Crippen LogP) is 2.41. The molecule has 0 atom stereocenters. The van der Waals surface area contributed by atoms with Crippen LogP contribution < -0.4 is 0 Å². The molecule has 0 spiro atoms. The van der Waals surface area contributed by atoms with Gasteiger partial charge in [0.1, 0.15) is 0 Å². The first kappa shape index (κ1) is 11.0. The molecule has 66 valence electrons. The fraction of sp³-hybridized carbons (Fsp3) is 0.500. The van der Waals surface area contributed by atoms with Gasteiger partial charge in [-0.2, -0.15) is 27.8 Å². The first-order valence-corrected chi connectivity index (χ1v) is 3.75. The van der Waals surface area contributed by atoms with Crippen molar-refractivity contribution in [3.05, 3.63) is 27.8 Å². The van der Waals surface area contributed by atoms with E-state index in [4.69, 9.17) is 0 Å². The average molecular weight is 238 g/mol. The normalized spacial score (nSPS) is 9.55. The van der Waals surface area contributed by atoms with E-state index in [-0.39, 0.29) is 19.5 Å². The Labute approximate surface area is 82.1 Å². The van der Waals surface area contributed by atoms with E-state index in [2.05, 4.69) is 34.6 Å². The van der Waals surface area contributed by atoms with Crippen molar-refractivity contribution in [2.45, 2.75) is 34.6 Å². The molecule has 0 aromatic heterocycles. The molecule has 0 nitrogen and oxygen atoms in total. The standard InChI is InChI=1S/C10H15.Ru.2H/c1-6-7(2)9(4)10(5)8(6)3;;;/h1-5H3;;;/q-1;;;. The molecule has 1 aromatic rings. The van der Waals surface area contributed by atoms with Crippen molar-refractivity contribution in [2.24, 2.45) is 0 Å². The Morgan fingerprint density at radius 1 is 0.818 bits per heavy atom. The van der Waals surface area contributed by atoms with Crippen LogP contribution in [0.25, 0.3) is 0 Å². The molecule has 0 fully saturated rings. The molecule has 11 heavy (non-hydrogen) atoms.